The summed E-state index contributed by atoms with van der Waals surface area (Å²) in [7, 11) is 0. The Balaban J connectivity index is 1.91. The van der Waals surface area contributed by atoms with Gasteiger partial charge in [0.1, 0.15) is 5.82 Å². The molecule has 0 saturated carbocycles. The van der Waals surface area contributed by atoms with Crippen LogP contribution in [0.2, 0.25) is 0 Å². The molecule has 2 aromatic carbocycles. The maximum absolute atomic E-state index is 12.9. The minimum absolute atomic E-state index is 0.00121. The van der Waals surface area contributed by atoms with Crippen molar-refractivity contribution in [2.24, 2.45) is 0 Å². The van der Waals surface area contributed by atoms with Gasteiger partial charge in [0.2, 0.25) is 11.8 Å². The molecule has 0 heterocycles. The summed E-state index contributed by atoms with van der Waals surface area (Å²) < 4.78 is 12.9. The molecule has 9 heteroatoms. The molecule has 0 spiro atoms. The molecule has 2 aromatic rings. The third-order valence-corrected chi connectivity index (χ3v) is 4.41. The van der Waals surface area contributed by atoms with E-state index in [4.69, 9.17) is 0 Å². The molecule has 0 aromatic heterocycles. The van der Waals surface area contributed by atoms with Crippen LogP contribution in [0, 0.1) is 15.9 Å². The van der Waals surface area contributed by atoms with Crippen molar-refractivity contribution in [2.45, 2.75) is 26.4 Å². The number of anilines is 1. The fourth-order valence-corrected chi connectivity index (χ4v) is 2.68. The number of nitrogens with one attached hydrogen (secondary N) is 2. The molecule has 0 aliphatic heterocycles. The zero-order chi connectivity index (χ0) is 21.4. The van der Waals surface area contributed by atoms with Crippen LogP contribution in [0.3, 0.4) is 0 Å². The lowest BCUT2D eigenvalue weighted by Gasteiger charge is -2.26. The van der Waals surface area contributed by atoms with Crippen molar-refractivity contribution >= 4 is 23.2 Å². The highest BCUT2D eigenvalue weighted by molar-refractivity contribution is 5.95. The Morgan fingerprint density at radius 2 is 1.90 bits per heavy atom. The third kappa shape index (κ3) is 6.65. The van der Waals surface area contributed by atoms with Gasteiger partial charge in [-0.2, -0.15) is 0 Å². The molecule has 2 rings (SSSR count). The molecule has 1 atom stereocenters. The van der Waals surface area contributed by atoms with Gasteiger partial charge in [-0.1, -0.05) is 25.1 Å². The van der Waals surface area contributed by atoms with Gasteiger partial charge in [-0.15, -0.1) is 0 Å². The Kier molecular flexibility index (Phi) is 7.79. The standard InChI is InChI=1S/C20H23FN4O4/c1-3-24(13-19(26)22-12-15-7-9-16(21)10-8-15)14(2)20(27)23-17-5-4-6-18(11-17)25(28)29/h4-11,14H,3,12-13H2,1-2H3,(H,22,26)(H,23,27). The van der Waals surface area contributed by atoms with E-state index in [1.165, 1.54) is 30.3 Å². The van der Waals surface area contributed by atoms with Gasteiger partial charge >= 0.3 is 0 Å². The van der Waals surface area contributed by atoms with Gasteiger partial charge in [-0.25, -0.2) is 4.39 Å². The molecule has 8 nitrogen and oxygen atoms in total. The van der Waals surface area contributed by atoms with Crippen molar-refractivity contribution in [3.63, 3.8) is 0 Å². The second-order valence-corrected chi connectivity index (χ2v) is 6.44. The van der Waals surface area contributed by atoms with Crippen LogP contribution >= 0.6 is 0 Å². The normalized spacial score (nSPS) is 11.7. The van der Waals surface area contributed by atoms with Crippen LogP contribution in [0.1, 0.15) is 19.4 Å². The molecule has 2 amide bonds. The Morgan fingerprint density at radius 1 is 1.21 bits per heavy atom. The highest BCUT2D eigenvalue weighted by atomic mass is 19.1. The average Bonchev–Trinajstić information content (AvgIpc) is 2.71. The summed E-state index contributed by atoms with van der Waals surface area (Å²) in [5.41, 5.74) is 0.954. The SMILES string of the molecule is CCN(CC(=O)NCc1ccc(F)cc1)C(C)C(=O)Nc1cccc([N+](=O)[O-])c1. The minimum Gasteiger partial charge on any atom is -0.351 e. The van der Waals surface area contributed by atoms with E-state index >= 15 is 0 Å². The number of non-ortho nitro benzene ring substituents is 1. The first-order valence-corrected chi connectivity index (χ1v) is 9.10. The second-order valence-electron chi connectivity index (χ2n) is 6.44. The summed E-state index contributed by atoms with van der Waals surface area (Å²) in [5.74, 6) is -0.995. The first-order chi connectivity index (χ1) is 13.8. The summed E-state index contributed by atoms with van der Waals surface area (Å²) in [6.45, 7) is 4.19. The van der Waals surface area contributed by atoms with E-state index in [0.29, 0.717) is 12.2 Å². The van der Waals surface area contributed by atoms with E-state index in [1.807, 2.05) is 6.92 Å². The van der Waals surface area contributed by atoms with Crippen LogP contribution in [0.5, 0.6) is 0 Å². The van der Waals surface area contributed by atoms with E-state index in [1.54, 1.807) is 30.0 Å². The predicted octanol–water partition coefficient (Wildman–Crippen LogP) is 2.70. The average molecular weight is 402 g/mol. The Morgan fingerprint density at radius 3 is 2.52 bits per heavy atom. The Hall–Kier alpha value is -3.33. The van der Waals surface area contributed by atoms with Crippen LogP contribution in [0.15, 0.2) is 48.5 Å². The molecule has 0 aliphatic rings. The van der Waals surface area contributed by atoms with Crippen LogP contribution in [-0.2, 0) is 16.1 Å². The van der Waals surface area contributed by atoms with E-state index < -0.39 is 11.0 Å². The number of likely N-dealkylation sites (N-methyl/N-ethyl adjacent to an activating group) is 1. The number of nitro groups is 1. The quantitative estimate of drug-likeness (QED) is 0.496. The van der Waals surface area contributed by atoms with E-state index in [0.717, 1.165) is 5.56 Å². The highest BCUT2D eigenvalue weighted by Crippen LogP contribution is 2.17. The zero-order valence-electron chi connectivity index (χ0n) is 16.2. The summed E-state index contributed by atoms with van der Waals surface area (Å²) >= 11 is 0. The fraction of sp³-hybridized carbons (Fsp3) is 0.300. The Bertz CT molecular complexity index is 873. The number of carbonyl (C=O) groups excluding carboxylic acids is 2. The van der Waals surface area contributed by atoms with Gasteiger partial charge in [-0.05, 0) is 37.2 Å². The predicted molar refractivity (Wildman–Crippen MR) is 107 cm³/mol. The molecule has 1 unspecified atom stereocenters. The highest BCUT2D eigenvalue weighted by Gasteiger charge is 2.22. The molecule has 2 N–H and O–H groups in total. The minimum atomic E-state index is -0.629. The molecule has 0 aliphatic carbocycles. The van der Waals surface area contributed by atoms with Crippen LogP contribution in [0.4, 0.5) is 15.8 Å². The number of hydrogen-bond donors (Lipinski definition) is 2. The summed E-state index contributed by atoms with van der Waals surface area (Å²) in [6.07, 6.45) is 0. The second kappa shape index (κ2) is 10.3. The summed E-state index contributed by atoms with van der Waals surface area (Å²) in [5, 5.41) is 16.2. The van der Waals surface area contributed by atoms with Gasteiger partial charge in [0.15, 0.2) is 0 Å². The number of halogens is 1. The number of hydrogen-bond acceptors (Lipinski definition) is 5. The number of carbonyl (C=O) groups is 2. The van der Waals surface area contributed by atoms with E-state index in [9.17, 15) is 24.1 Å². The van der Waals surface area contributed by atoms with Crippen molar-refractivity contribution in [1.29, 1.82) is 0 Å². The Labute approximate surface area is 167 Å². The van der Waals surface area contributed by atoms with Crippen molar-refractivity contribution < 1.29 is 18.9 Å². The zero-order valence-corrected chi connectivity index (χ0v) is 16.2. The monoisotopic (exact) mass is 402 g/mol. The van der Waals surface area contributed by atoms with Crippen LogP contribution in [0.25, 0.3) is 0 Å². The lowest BCUT2D eigenvalue weighted by Crippen LogP contribution is -2.46. The van der Waals surface area contributed by atoms with E-state index in [-0.39, 0.29) is 36.4 Å². The summed E-state index contributed by atoms with van der Waals surface area (Å²) in [4.78, 5) is 36.7. The largest absolute Gasteiger partial charge is 0.351 e. The summed E-state index contributed by atoms with van der Waals surface area (Å²) in [6, 6.07) is 10.8. The van der Waals surface area contributed by atoms with Gasteiger partial charge < -0.3 is 10.6 Å². The lowest BCUT2D eigenvalue weighted by molar-refractivity contribution is -0.384. The number of rotatable bonds is 9. The van der Waals surface area contributed by atoms with Gasteiger partial charge in [0.25, 0.3) is 5.69 Å². The number of nitro benzene ring substituents is 1. The fourth-order valence-electron chi connectivity index (χ4n) is 2.68. The third-order valence-electron chi connectivity index (χ3n) is 4.41. The van der Waals surface area contributed by atoms with Gasteiger partial charge in [0.05, 0.1) is 17.5 Å². The van der Waals surface area contributed by atoms with Gasteiger partial charge in [-0.3, -0.25) is 24.6 Å². The van der Waals surface area contributed by atoms with Crippen molar-refractivity contribution in [3.8, 4) is 0 Å². The van der Waals surface area contributed by atoms with Crippen molar-refractivity contribution in [3.05, 3.63) is 70.0 Å². The number of nitrogens with zero attached hydrogens (tertiary/aromatic N) is 2. The smallest absolute Gasteiger partial charge is 0.271 e. The first kappa shape index (κ1) is 22.0. The maximum atomic E-state index is 12.9. The number of amides is 2. The molecular weight excluding hydrogens is 379 g/mol. The topological polar surface area (TPSA) is 105 Å². The molecule has 0 fully saturated rings. The molecule has 0 radical (unpaired) electrons. The molecule has 0 bridgehead atoms. The first-order valence-electron chi connectivity index (χ1n) is 9.10. The maximum Gasteiger partial charge on any atom is 0.271 e. The van der Waals surface area contributed by atoms with Crippen molar-refractivity contribution in [2.75, 3.05) is 18.4 Å². The van der Waals surface area contributed by atoms with Gasteiger partial charge in [0, 0.05) is 24.4 Å². The lowest BCUT2D eigenvalue weighted by atomic mass is 10.2. The van der Waals surface area contributed by atoms with Crippen LogP contribution in [-0.4, -0.2) is 40.8 Å². The van der Waals surface area contributed by atoms with E-state index in [2.05, 4.69) is 10.6 Å². The molecular formula is C20H23FN4O4. The molecule has 0 saturated heterocycles. The number of benzene rings is 2. The van der Waals surface area contributed by atoms with Crippen LogP contribution < -0.4 is 10.6 Å². The molecule has 29 heavy (non-hydrogen) atoms. The van der Waals surface area contributed by atoms with Crippen molar-refractivity contribution in [1.82, 2.24) is 10.2 Å². The molecule has 154 valence electrons.